The maximum atomic E-state index is 12.9. The van der Waals surface area contributed by atoms with Gasteiger partial charge in [0.2, 0.25) is 15.9 Å². The van der Waals surface area contributed by atoms with Crippen molar-refractivity contribution >= 4 is 43.0 Å². The van der Waals surface area contributed by atoms with Crippen LogP contribution < -0.4 is 19.1 Å². The van der Waals surface area contributed by atoms with E-state index in [0.717, 1.165) is 22.9 Å². The van der Waals surface area contributed by atoms with E-state index in [9.17, 15) is 21.6 Å². The number of carbonyl (C=O) groups is 1. The standard InChI is InChI=1S/C27H33N3O6S2/c1-19-9-15-26(36-4)24(17-19)29-38(34,35)23-13-11-22(12-14-23)28-27(31)7-6-16-30(37(5,32)33)25-18-20(2)8-10-21(25)3/h8-15,17-18,29H,6-7,16H2,1-5H3,(H,28,31). The van der Waals surface area contributed by atoms with Gasteiger partial charge in [0.1, 0.15) is 5.75 Å². The minimum atomic E-state index is -3.88. The number of methoxy groups -OCH3 is 1. The van der Waals surface area contributed by atoms with Crippen LogP contribution in [0, 0.1) is 20.8 Å². The molecular weight excluding hydrogens is 526 g/mol. The lowest BCUT2D eigenvalue weighted by Crippen LogP contribution is -2.32. The van der Waals surface area contributed by atoms with Crippen LogP contribution >= 0.6 is 0 Å². The van der Waals surface area contributed by atoms with E-state index in [1.54, 1.807) is 12.1 Å². The molecule has 0 aromatic heterocycles. The second kappa shape index (κ2) is 11.9. The summed E-state index contributed by atoms with van der Waals surface area (Å²) in [6.45, 7) is 5.73. The van der Waals surface area contributed by atoms with Crippen LogP contribution in [0.3, 0.4) is 0 Å². The molecule has 0 fully saturated rings. The van der Waals surface area contributed by atoms with Crippen LogP contribution in [0.2, 0.25) is 0 Å². The predicted molar refractivity (Wildman–Crippen MR) is 151 cm³/mol. The van der Waals surface area contributed by atoms with Gasteiger partial charge in [0.05, 0.1) is 29.6 Å². The summed E-state index contributed by atoms with van der Waals surface area (Å²) in [6.07, 6.45) is 1.54. The van der Waals surface area contributed by atoms with Crippen LogP contribution in [0.1, 0.15) is 29.5 Å². The summed E-state index contributed by atoms with van der Waals surface area (Å²) in [5, 5.41) is 2.73. The molecular formula is C27H33N3O6S2. The highest BCUT2D eigenvalue weighted by atomic mass is 32.2. The van der Waals surface area contributed by atoms with E-state index in [-0.39, 0.29) is 23.8 Å². The minimum absolute atomic E-state index is 0.0244. The van der Waals surface area contributed by atoms with E-state index in [1.165, 1.54) is 35.7 Å². The van der Waals surface area contributed by atoms with E-state index >= 15 is 0 Å². The average molecular weight is 560 g/mol. The molecule has 0 heterocycles. The molecule has 11 heteroatoms. The Labute approximate surface area is 224 Å². The van der Waals surface area contributed by atoms with Crippen molar-refractivity contribution in [3.63, 3.8) is 0 Å². The normalized spacial score (nSPS) is 11.6. The molecule has 1 amide bonds. The number of nitrogens with zero attached hydrogens (tertiary/aromatic N) is 1. The summed E-state index contributed by atoms with van der Waals surface area (Å²) < 4.78 is 59.6. The van der Waals surface area contributed by atoms with Crippen molar-refractivity contribution in [3.05, 3.63) is 77.4 Å². The van der Waals surface area contributed by atoms with E-state index in [0.29, 0.717) is 29.2 Å². The summed E-state index contributed by atoms with van der Waals surface area (Å²) in [4.78, 5) is 12.5. The number of carbonyl (C=O) groups excluding carboxylic acids is 1. The quantitative estimate of drug-likeness (QED) is 0.354. The molecule has 0 aliphatic carbocycles. The molecule has 9 nitrogen and oxygen atoms in total. The summed E-state index contributed by atoms with van der Waals surface area (Å²) in [7, 11) is -5.95. The lowest BCUT2D eigenvalue weighted by Gasteiger charge is -2.24. The number of anilines is 3. The van der Waals surface area contributed by atoms with Gasteiger partial charge in [-0.2, -0.15) is 0 Å². The summed E-state index contributed by atoms with van der Waals surface area (Å²) in [5.41, 5.74) is 3.99. The van der Waals surface area contributed by atoms with Crippen molar-refractivity contribution < 1.29 is 26.4 Å². The Hall–Kier alpha value is -3.57. The Morgan fingerprint density at radius 3 is 2.16 bits per heavy atom. The van der Waals surface area contributed by atoms with Crippen LogP contribution in [0.25, 0.3) is 0 Å². The number of hydrogen-bond donors (Lipinski definition) is 2. The average Bonchev–Trinajstić information content (AvgIpc) is 2.83. The molecule has 2 N–H and O–H groups in total. The molecule has 3 aromatic rings. The second-order valence-corrected chi connectivity index (χ2v) is 12.7. The maximum absolute atomic E-state index is 12.9. The van der Waals surface area contributed by atoms with Crippen molar-refractivity contribution in [3.8, 4) is 5.75 Å². The largest absolute Gasteiger partial charge is 0.495 e. The van der Waals surface area contributed by atoms with E-state index in [4.69, 9.17) is 4.74 Å². The topological polar surface area (TPSA) is 122 Å². The van der Waals surface area contributed by atoms with Crippen molar-refractivity contribution in [1.82, 2.24) is 0 Å². The van der Waals surface area contributed by atoms with Gasteiger partial charge in [0.25, 0.3) is 10.0 Å². The van der Waals surface area contributed by atoms with E-state index in [1.807, 2.05) is 45.0 Å². The van der Waals surface area contributed by atoms with Gasteiger partial charge >= 0.3 is 0 Å². The van der Waals surface area contributed by atoms with Crippen molar-refractivity contribution in [1.29, 1.82) is 0 Å². The fourth-order valence-electron chi connectivity index (χ4n) is 3.88. The van der Waals surface area contributed by atoms with Crippen molar-refractivity contribution in [2.45, 2.75) is 38.5 Å². The molecule has 0 bridgehead atoms. The van der Waals surface area contributed by atoms with Crippen molar-refractivity contribution in [2.24, 2.45) is 0 Å². The second-order valence-electron chi connectivity index (χ2n) is 9.11. The number of sulfonamides is 2. The molecule has 0 unspecified atom stereocenters. The molecule has 3 aromatic carbocycles. The predicted octanol–water partition coefficient (Wildman–Crippen LogP) is 4.61. The van der Waals surface area contributed by atoms with Crippen LogP contribution in [-0.2, 0) is 24.8 Å². The fraction of sp³-hybridized carbons (Fsp3) is 0.296. The van der Waals surface area contributed by atoms with Crippen LogP contribution in [-0.4, -0.2) is 42.7 Å². The summed E-state index contributed by atoms with van der Waals surface area (Å²) in [5.74, 6) is 0.0905. The van der Waals surface area contributed by atoms with Crippen LogP contribution in [0.5, 0.6) is 5.75 Å². The first kappa shape index (κ1) is 29.0. The molecule has 0 radical (unpaired) electrons. The van der Waals surface area contributed by atoms with Gasteiger partial charge in [0.15, 0.2) is 0 Å². The zero-order valence-corrected chi connectivity index (χ0v) is 23.7. The van der Waals surface area contributed by atoms with E-state index < -0.39 is 20.0 Å². The molecule has 0 saturated heterocycles. The fourth-order valence-corrected chi connectivity index (χ4v) is 5.96. The lowest BCUT2D eigenvalue weighted by molar-refractivity contribution is -0.116. The van der Waals surface area contributed by atoms with Crippen LogP contribution in [0.4, 0.5) is 17.1 Å². The molecule has 0 aliphatic heterocycles. The van der Waals surface area contributed by atoms with Crippen LogP contribution in [0.15, 0.2) is 65.6 Å². The third-order valence-corrected chi connectivity index (χ3v) is 8.41. The molecule has 0 saturated carbocycles. The molecule has 204 valence electrons. The van der Waals surface area contributed by atoms with E-state index in [2.05, 4.69) is 10.0 Å². The summed E-state index contributed by atoms with van der Waals surface area (Å²) in [6, 6.07) is 16.6. The highest BCUT2D eigenvalue weighted by Gasteiger charge is 2.20. The van der Waals surface area contributed by atoms with Gasteiger partial charge in [0, 0.05) is 18.7 Å². The molecule has 0 aliphatic rings. The highest BCUT2D eigenvalue weighted by molar-refractivity contribution is 7.92. The van der Waals surface area contributed by atoms with Gasteiger partial charge in [-0.05, 0) is 86.3 Å². The Morgan fingerprint density at radius 2 is 1.53 bits per heavy atom. The third kappa shape index (κ3) is 7.48. The first-order valence-corrected chi connectivity index (χ1v) is 15.3. The van der Waals surface area contributed by atoms with Gasteiger partial charge in [-0.25, -0.2) is 16.8 Å². The number of amides is 1. The van der Waals surface area contributed by atoms with Crippen molar-refractivity contribution in [2.75, 3.05) is 34.3 Å². The van der Waals surface area contributed by atoms with Gasteiger partial charge in [-0.15, -0.1) is 0 Å². The lowest BCUT2D eigenvalue weighted by atomic mass is 10.1. The monoisotopic (exact) mass is 559 g/mol. The Bertz CT molecular complexity index is 1520. The number of nitrogens with one attached hydrogen (secondary N) is 2. The Morgan fingerprint density at radius 1 is 0.895 bits per heavy atom. The zero-order valence-electron chi connectivity index (χ0n) is 22.1. The molecule has 0 spiro atoms. The Balaban J connectivity index is 1.62. The number of rotatable bonds is 11. The number of benzene rings is 3. The maximum Gasteiger partial charge on any atom is 0.262 e. The van der Waals surface area contributed by atoms with Gasteiger partial charge in [-0.3, -0.25) is 13.8 Å². The molecule has 38 heavy (non-hydrogen) atoms. The third-order valence-electron chi connectivity index (χ3n) is 5.85. The Kier molecular flexibility index (Phi) is 9.05. The van der Waals surface area contributed by atoms with Gasteiger partial charge in [-0.1, -0.05) is 18.2 Å². The number of ether oxygens (including phenoxy) is 1. The number of aryl methyl sites for hydroxylation is 3. The zero-order chi connectivity index (χ0) is 28.1. The number of hydrogen-bond acceptors (Lipinski definition) is 6. The van der Waals surface area contributed by atoms with Gasteiger partial charge < -0.3 is 10.1 Å². The minimum Gasteiger partial charge on any atom is -0.495 e. The SMILES string of the molecule is COc1ccc(C)cc1NS(=O)(=O)c1ccc(NC(=O)CCCN(c2cc(C)ccc2C)S(C)(=O)=O)cc1. The molecule has 3 rings (SSSR count). The smallest absolute Gasteiger partial charge is 0.262 e. The summed E-state index contributed by atoms with van der Waals surface area (Å²) >= 11 is 0. The first-order chi connectivity index (χ1) is 17.8. The molecule has 0 atom stereocenters. The highest BCUT2D eigenvalue weighted by Crippen LogP contribution is 2.28. The first-order valence-electron chi connectivity index (χ1n) is 11.9.